The first-order chi connectivity index (χ1) is 7.61. The fourth-order valence-corrected chi connectivity index (χ4v) is 1.72. The van der Waals surface area contributed by atoms with Gasteiger partial charge in [-0.25, -0.2) is 9.59 Å². The van der Waals surface area contributed by atoms with Crippen LogP contribution < -0.4 is 0 Å². The van der Waals surface area contributed by atoms with Crippen molar-refractivity contribution in [1.29, 1.82) is 0 Å². The average Bonchev–Trinajstić information content (AvgIpc) is 2.70. The van der Waals surface area contributed by atoms with Gasteiger partial charge in [-0.3, -0.25) is 0 Å². The number of hydrogen-bond acceptors (Lipinski definition) is 4. The van der Waals surface area contributed by atoms with E-state index >= 15 is 0 Å². The maximum absolute atomic E-state index is 11.3. The summed E-state index contributed by atoms with van der Waals surface area (Å²) in [4.78, 5) is 23.5. The van der Waals surface area contributed by atoms with Crippen molar-refractivity contribution in [3.63, 3.8) is 0 Å². The number of hydrogen-bond donors (Lipinski definition) is 1. The Balaban J connectivity index is 2.20. The van der Waals surface area contributed by atoms with Crippen LogP contribution >= 0.6 is 0 Å². The minimum absolute atomic E-state index is 0.0864. The van der Waals surface area contributed by atoms with E-state index in [1.807, 2.05) is 0 Å². The van der Waals surface area contributed by atoms with Gasteiger partial charge in [-0.1, -0.05) is 0 Å². The Labute approximate surface area is 91.4 Å². The molecule has 0 saturated carbocycles. The largest absolute Gasteiger partial charge is 0.475 e. The van der Waals surface area contributed by atoms with E-state index < -0.39 is 12.1 Å². The Morgan fingerprint density at radius 1 is 1.56 bits per heavy atom. The molecule has 1 aromatic rings. The van der Waals surface area contributed by atoms with E-state index in [4.69, 9.17) is 9.52 Å². The van der Waals surface area contributed by atoms with Crippen molar-refractivity contribution in [2.24, 2.45) is 0 Å². The molecule has 0 unspecified atom stereocenters. The SMILES string of the molecule is COC(=O)N1CCc2oc(C(=O)O)cc2C1. The molecule has 2 heterocycles. The van der Waals surface area contributed by atoms with E-state index in [0.29, 0.717) is 25.3 Å². The number of aromatic carboxylic acids is 1. The summed E-state index contributed by atoms with van der Waals surface area (Å²) in [7, 11) is 1.32. The van der Waals surface area contributed by atoms with E-state index in [1.165, 1.54) is 18.1 Å². The van der Waals surface area contributed by atoms with Crippen molar-refractivity contribution in [2.45, 2.75) is 13.0 Å². The summed E-state index contributed by atoms with van der Waals surface area (Å²) in [6.45, 7) is 0.811. The predicted molar refractivity (Wildman–Crippen MR) is 52.2 cm³/mol. The van der Waals surface area contributed by atoms with E-state index in [-0.39, 0.29) is 5.76 Å². The van der Waals surface area contributed by atoms with Gasteiger partial charge in [-0.05, 0) is 6.07 Å². The second-order valence-corrected chi connectivity index (χ2v) is 3.51. The van der Waals surface area contributed by atoms with Crippen molar-refractivity contribution in [3.8, 4) is 0 Å². The van der Waals surface area contributed by atoms with Crippen LogP contribution in [0.4, 0.5) is 4.79 Å². The van der Waals surface area contributed by atoms with Gasteiger partial charge < -0.3 is 19.2 Å². The highest BCUT2D eigenvalue weighted by Gasteiger charge is 2.25. The fraction of sp³-hybridized carbons (Fsp3) is 0.400. The number of ether oxygens (including phenoxy) is 1. The molecule has 0 aliphatic carbocycles. The number of methoxy groups -OCH3 is 1. The van der Waals surface area contributed by atoms with Crippen LogP contribution in [0.15, 0.2) is 10.5 Å². The molecule has 1 aliphatic heterocycles. The predicted octanol–water partition coefficient (Wildman–Crippen LogP) is 1.10. The van der Waals surface area contributed by atoms with Gasteiger partial charge >= 0.3 is 12.1 Å². The Bertz CT molecular complexity index is 436. The van der Waals surface area contributed by atoms with Gasteiger partial charge in [-0.2, -0.15) is 0 Å². The first kappa shape index (κ1) is 10.5. The highest BCUT2D eigenvalue weighted by molar-refractivity contribution is 5.84. The first-order valence-corrected chi connectivity index (χ1v) is 4.79. The number of fused-ring (bicyclic) bond motifs is 1. The molecule has 0 radical (unpaired) electrons. The van der Waals surface area contributed by atoms with Crippen LogP contribution in [0.5, 0.6) is 0 Å². The van der Waals surface area contributed by atoms with Gasteiger partial charge in [0.2, 0.25) is 5.76 Å². The lowest BCUT2D eigenvalue weighted by Crippen LogP contribution is -2.35. The molecule has 1 N–H and O–H groups in total. The molecule has 16 heavy (non-hydrogen) atoms. The number of furan rings is 1. The van der Waals surface area contributed by atoms with Gasteiger partial charge in [0.15, 0.2) is 0 Å². The standard InChI is InChI=1S/C10H11NO5/c1-15-10(14)11-3-2-7-6(5-11)4-8(16-7)9(12)13/h4H,2-3,5H2,1H3,(H,12,13). The van der Waals surface area contributed by atoms with Crippen LogP contribution in [0, 0.1) is 0 Å². The van der Waals surface area contributed by atoms with Gasteiger partial charge in [-0.15, -0.1) is 0 Å². The molecule has 2 rings (SSSR count). The van der Waals surface area contributed by atoms with Crippen molar-refractivity contribution < 1.29 is 23.8 Å². The summed E-state index contributed by atoms with van der Waals surface area (Å²) in [5, 5.41) is 8.76. The number of nitrogens with zero attached hydrogens (tertiary/aromatic N) is 1. The molecule has 0 saturated heterocycles. The molecule has 1 aromatic heterocycles. The normalized spacial score (nSPS) is 14.4. The van der Waals surface area contributed by atoms with Gasteiger partial charge in [0.1, 0.15) is 5.76 Å². The van der Waals surface area contributed by atoms with Gasteiger partial charge in [0, 0.05) is 18.5 Å². The van der Waals surface area contributed by atoms with Gasteiger partial charge in [0.25, 0.3) is 0 Å². The third-order valence-corrected chi connectivity index (χ3v) is 2.51. The molecular formula is C10H11NO5. The Hall–Kier alpha value is -1.98. The molecule has 0 spiro atoms. The molecule has 0 atom stereocenters. The maximum Gasteiger partial charge on any atom is 0.409 e. The highest BCUT2D eigenvalue weighted by atomic mass is 16.5. The first-order valence-electron chi connectivity index (χ1n) is 4.79. The zero-order valence-corrected chi connectivity index (χ0v) is 8.73. The quantitative estimate of drug-likeness (QED) is 0.774. The second kappa shape index (κ2) is 3.88. The lowest BCUT2D eigenvalue weighted by atomic mass is 10.1. The molecule has 0 aromatic carbocycles. The molecule has 1 amide bonds. The lowest BCUT2D eigenvalue weighted by Gasteiger charge is -2.24. The van der Waals surface area contributed by atoms with Crippen LogP contribution in [-0.2, 0) is 17.7 Å². The van der Waals surface area contributed by atoms with E-state index in [9.17, 15) is 9.59 Å². The van der Waals surface area contributed by atoms with Crippen molar-refractivity contribution in [2.75, 3.05) is 13.7 Å². The molecule has 0 bridgehead atoms. The average molecular weight is 225 g/mol. The van der Waals surface area contributed by atoms with E-state index in [0.717, 1.165) is 5.56 Å². The summed E-state index contributed by atoms with van der Waals surface area (Å²) in [5.41, 5.74) is 0.731. The summed E-state index contributed by atoms with van der Waals surface area (Å²) < 4.78 is 9.75. The smallest absolute Gasteiger partial charge is 0.409 e. The fourth-order valence-electron chi connectivity index (χ4n) is 1.72. The van der Waals surface area contributed by atoms with Crippen molar-refractivity contribution >= 4 is 12.1 Å². The summed E-state index contributed by atoms with van der Waals surface area (Å²) in [6.07, 6.45) is 0.0984. The van der Waals surface area contributed by atoms with Gasteiger partial charge in [0.05, 0.1) is 13.7 Å². The molecule has 6 nitrogen and oxygen atoms in total. The third kappa shape index (κ3) is 1.73. The minimum Gasteiger partial charge on any atom is -0.475 e. The van der Waals surface area contributed by atoms with Crippen LogP contribution in [0.3, 0.4) is 0 Å². The zero-order valence-electron chi connectivity index (χ0n) is 8.73. The highest BCUT2D eigenvalue weighted by Crippen LogP contribution is 2.23. The Morgan fingerprint density at radius 3 is 2.94 bits per heavy atom. The number of rotatable bonds is 1. The topological polar surface area (TPSA) is 80.0 Å². The zero-order chi connectivity index (χ0) is 11.7. The minimum atomic E-state index is -1.10. The van der Waals surface area contributed by atoms with Crippen LogP contribution in [-0.4, -0.2) is 35.7 Å². The van der Waals surface area contributed by atoms with Crippen LogP contribution in [0.2, 0.25) is 0 Å². The summed E-state index contributed by atoms with van der Waals surface area (Å²) in [6, 6.07) is 1.45. The van der Waals surface area contributed by atoms with E-state index in [1.54, 1.807) is 0 Å². The number of carboxylic acid groups (broad SMARTS) is 1. The van der Waals surface area contributed by atoms with Crippen molar-refractivity contribution in [3.05, 3.63) is 23.2 Å². The monoisotopic (exact) mass is 225 g/mol. The number of carboxylic acids is 1. The van der Waals surface area contributed by atoms with E-state index in [2.05, 4.69) is 4.74 Å². The third-order valence-electron chi connectivity index (χ3n) is 2.51. The second-order valence-electron chi connectivity index (χ2n) is 3.51. The number of carbonyl (C=O) groups excluding carboxylic acids is 1. The lowest BCUT2D eigenvalue weighted by molar-refractivity contribution is 0.0659. The molecule has 0 fully saturated rings. The number of carbonyl (C=O) groups is 2. The van der Waals surface area contributed by atoms with Crippen molar-refractivity contribution in [1.82, 2.24) is 4.90 Å². The van der Waals surface area contributed by atoms with Crippen LogP contribution in [0.1, 0.15) is 21.9 Å². The Kier molecular flexibility index (Phi) is 2.55. The Morgan fingerprint density at radius 2 is 2.31 bits per heavy atom. The van der Waals surface area contributed by atoms with Crippen LogP contribution in [0.25, 0.3) is 0 Å². The summed E-state index contributed by atoms with van der Waals surface area (Å²) >= 11 is 0. The molecule has 1 aliphatic rings. The summed E-state index contributed by atoms with van der Waals surface area (Å²) in [5.74, 6) is -0.548. The molecule has 86 valence electrons. The molecular weight excluding hydrogens is 214 g/mol. The number of amides is 1. The molecule has 6 heteroatoms. The maximum atomic E-state index is 11.3.